The molecule has 3 nitrogen and oxygen atoms in total. The second kappa shape index (κ2) is 10.4. The van der Waals surface area contributed by atoms with Crippen molar-refractivity contribution in [1.29, 1.82) is 0 Å². The number of carbonyl (C=O) groups excluding carboxylic acids is 2. The Hall–Kier alpha value is -0.570. The molecule has 0 saturated carbocycles. The summed E-state index contributed by atoms with van der Waals surface area (Å²) < 4.78 is 0. The molecule has 0 aliphatic carbocycles. The molecule has 0 aliphatic heterocycles. The van der Waals surface area contributed by atoms with E-state index < -0.39 is 0 Å². The van der Waals surface area contributed by atoms with Crippen LogP contribution in [0.1, 0.15) is 39.5 Å². The van der Waals surface area contributed by atoms with Gasteiger partial charge in [0.1, 0.15) is 0 Å². The van der Waals surface area contributed by atoms with Gasteiger partial charge in [-0.05, 0) is 24.4 Å². The molecular formula is C8H16ClNO2. The summed E-state index contributed by atoms with van der Waals surface area (Å²) in [5, 5.41) is -0.238. The molecule has 0 spiro atoms. The van der Waals surface area contributed by atoms with Crippen molar-refractivity contribution in [3.05, 3.63) is 0 Å². The van der Waals surface area contributed by atoms with Crippen molar-refractivity contribution in [2.24, 2.45) is 5.73 Å². The lowest BCUT2D eigenvalue weighted by atomic mass is 10.3. The first kappa shape index (κ1) is 14.0. The Bertz CT molecular complexity index is 121. The lowest BCUT2D eigenvalue weighted by molar-refractivity contribution is -0.118. The van der Waals surface area contributed by atoms with Crippen LogP contribution in [0, 0.1) is 0 Å². The fourth-order valence-electron chi connectivity index (χ4n) is 0.443. The van der Waals surface area contributed by atoms with Crippen LogP contribution in [0.25, 0.3) is 0 Å². The second-order valence-electron chi connectivity index (χ2n) is 2.32. The molecule has 0 atom stereocenters. The minimum atomic E-state index is -0.238. The zero-order chi connectivity index (χ0) is 9.98. The largest absolute Gasteiger partial charge is 0.370 e. The minimum Gasteiger partial charge on any atom is -0.370 e. The molecule has 0 heterocycles. The molecule has 0 aromatic carbocycles. The molecule has 12 heavy (non-hydrogen) atoms. The summed E-state index contributed by atoms with van der Waals surface area (Å²) in [6.07, 6.45) is 2.72. The van der Waals surface area contributed by atoms with Crippen molar-refractivity contribution in [2.45, 2.75) is 39.5 Å². The van der Waals surface area contributed by atoms with Crippen LogP contribution in [-0.2, 0) is 9.59 Å². The summed E-state index contributed by atoms with van der Waals surface area (Å²) >= 11 is 4.94. The molecule has 0 saturated heterocycles. The predicted octanol–water partition coefficient (Wildman–Crippen LogP) is 1.82. The van der Waals surface area contributed by atoms with Crippen molar-refractivity contribution in [3.63, 3.8) is 0 Å². The van der Waals surface area contributed by atoms with Crippen molar-refractivity contribution in [2.75, 3.05) is 0 Å². The zero-order valence-electron chi connectivity index (χ0n) is 7.60. The minimum absolute atomic E-state index is 0.211. The summed E-state index contributed by atoms with van der Waals surface area (Å²) in [6.45, 7) is 3.84. The van der Waals surface area contributed by atoms with Crippen LogP contribution >= 0.6 is 11.6 Å². The Morgan fingerprint density at radius 3 is 1.58 bits per heavy atom. The second-order valence-corrected chi connectivity index (χ2v) is 2.74. The van der Waals surface area contributed by atoms with Crippen LogP contribution in [0.5, 0.6) is 0 Å². The number of nitrogens with two attached hydrogens (primary N) is 1. The van der Waals surface area contributed by atoms with Crippen molar-refractivity contribution in [3.8, 4) is 0 Å². The number of rotatable bonds is 4. The summed E-state index contributed by atoms with van der Waals surface area (Å²) in [7, 11) is 0. The van der Waals surface area contributed by atoms with Crippen molar-refractivity contribution in [1.82, 2.24) is 0 Å². The number of carbonyl (C=O) groups is 2. The van der Waals surface area contributed by atoms with Gasteiger partial charge < -0.3 is 5.73 Å². The van der Waals surface area contributed by atoms with Crippen molar-refractivity contribution >= 4 is 22.8 Å². The van der Waals surface area contributed by atoms with Gasteiger partial charge in [0.25, 0.3) is 0 Å². The monoisotopic (exact) mass is 193 g/mol. The maximum atomic E-state index is 9.82. The average Bonchev–Trinajstić information content (AvgIpc) is 1.87. The zero-order valence-corrected chi connectivity index (χ0v) is 8.36. The number of primary amides is 1. The number of hydrogen-bond acceptors (Lipinski definition) is 2. The fourth-order valence-corrected chi connectivity index (χ4v) is 0.632. The number of hydrogen-bond donors (Lipinski definition) is 1. The summed E-state index contributed by atoms with van der Waals surface area (Å²) in [6, 6.07) is 0. The highest BCUT2D eigenvalue weighted by atomic mass is 35.5. The van der Waals surface area contributed by atoms with E-state index in [4.69, 9.17) is 17.3 Å². The first-order valence-corrected chi connectivity index (χ1v) is 4.39. The first-order valence-electron chi connectivity index (χ1n) is 4.01. The van der Waals surface area contributed by atoms with Gasteiger partial charge in [-0.15, -0.1) is 0 Å². The van der Waals surface area contributed by atoms with Gasteiger partial charge in [0.15, 0.2) is 0 Å². The Kier molecular flexibility index (Phi) is 12.2. The van der Waals surface area contributed by atoms with E-state index in [1.165, 1.54) is 0 Å². The molecule has 0 radical (unpaired) electrons. The molecular weight excluding hydrogens is 178 g/mol. The Labute approximate surface area is 78.3 Å². The van der Waals surface area contributed by atoms with Crippen LogP contribution in [-0.4, -0.2) is 11.1 Å². The quantitative estimate of drug-likeness (QED) is 0.693. The van der Waals surface area contributed by atoms with Gasteiger partial charge in [-0.2, -0.15) is 0 Å². The molecule has 0 rings (SSSR count). The van der Waals surface area contributed by atoms with E-state index in [0.29, 0.717) is 12.8 Å². The Morgan fingerprint density at radius 1 is 1.17 bits per heavy atom. The van der Waals surface area contributed by atoms with E-state index in [2.05, 4.69) is 0 Å². The van der Waals surface area contributed by atoms with Crippen LogP contribution in [0.15, 0.2) is 0 Å². The third-order valence-electron chi connectivity index (χ3n) is 0.943. The van der Waals surface area contributed by atoms with Gasteiger partial charge in [-0.25, -0.2) is 0 Å². The highest BCUT2D eigenvalue weighted by Gasteiger charge is 1.87. The highest BCUT2D eigenvalue weighted by Crippen LogP contribution is 1.90. The fraction of sp³-hybridized carbons (Fsp3) is 0.750. The molecule has 0 aliphatic rings. The molecule has 72 valence electrons. The predicted molar refractivity (Wildman–Crippen MR) is 49.9 cm³/mol. The molecule has 0 bridgehead atoms. The maximum Gasteiger partial charge on any atom is 0.221 e. The van der Waals surface area contributed by atoms with Crippen LogP contribution in [0.3, 0.4) is 0 Å². The van der Waals surface area contributed by atoms with Crippen LogP contribution < -0.4 is 5.73 Å². The molecule has 0 aromatic heterocycles. The van der Waals surface area contributed by atoms with Gasteiger partial charge in [0, 0.05) is 12.8 Å². The van der Waals surface area contributed by atoms with E-state index in [9.17, 15) is 9.59 Å². The normalized spacial score (nSPS) is 8.25. The van der Waals surface area contributed by atoms with Gasteiger partial charge in [0.05, 0.1) is 0 Å². The van der Waals surface area contributed by atoms with Gasteiger partial charge in [-0.3, -0.25) is 9.59 Å². The van der Waals surface area contributed by atoms with Gasteiger partial charge >= 0.3 is 0 Å². The number of halogens is 1. The molecule has 1 amide bonds. The lowest BCUT2D eigenvalue weighted by Crippen LogP contribution is -2.08. The third kappa shape index (κ3) is 22.7. The third-order valence-corrected chi connectivity index (χ3v) is 1.13. The van der Waals surface area contributed by atoms with Gasteiger partial charge in [0.2, 0.25) is 11.1 Å². The van der Waals surface area contributed by atoms with Crippen molar-refractivity contribution < 1.29 is 9.59 Å². The van der Waals surface area contributed by atoms with Gasteiger partial charge in [-0.1, -0.05) is 13.8 Å². The van der Waals surface area contributed by atoms with E-state index >= 15 is 0 Å². The molecule has 0 fully saturated rings. The highest BCUT2D eigenvalue weighted by molar-refractivity contribution is 6.63. The molecule has 4 heteroatoms. The topological polar surface area (TPSA) is 60.2 Å². The molecule has 0 aromatic rings. The van der Waals surface area contributed by atoms with E-state index in [0.717, 1.165) is 12.8 Å². The molecule has 2 N–H and O–H groups in total. The molecule has 0 unspecified atom stereocenters. The maximum absolute atomic E-state index is 9.82. The summed E-state index contributed by atoms with van der Waals surface area (Å²) in [4.78, 5) is 19.6. The Morgan fingerprint density at radius 2 is 1.58 bits per heavy atom. The SMILES string of the molecule is CCCC(=O)Cl.CCCC(N)=O. The standard InChI is InChI=1S/C4H7ClO.C4H9NO/c2*1-2-3-4(5)6/h2-3H2,1H3;2-3H2,1H3,(H2,5,6). The average molecular weight is 194 g/mol. The smallest absolute Gasteiger partial charge is 0.221 e. The first-order chi connectivity index (χ1) is 5.54. The summed E-state index contributed by atoms with van der Waals surface area (Å²) in [5.74, 6) is -0.211. The summed E-state index contributed by atoms with van der Waals surface area (Å²) in [5.41, 5.74) is 4.76. The van der Waals surface area contributed by atoms with E-state index in [-0.39, 0.29) is 11.1 Å². The number of amides is 1. The van der Waals surface area contributed by atoms with E-state index in [1.807, 2.05) is 13.8 Å². The Balaban J connectivity index is 0. The lowest BCUT2D eigenvalue weighted by Gasteiger charge is -1.81. The van der Waals surface area contributed by atoms with E-state index in [1.54, 1.807) is 0 Å². The van der Waals surface area contributed by atoms with Crippen LogP contribution in [0.4, 0.5) is 0 Å². The van der Waals surface area contributed by atoms with Crippen LogP contribution in [0.2, 0.25) is 0 Å².